The lowest BCUT2D eigenvalue weighted by molar-refractivity contribution is -0.122. The number of hydrogen-bond donors (Lipinski definition) is 1. The van der Waals surface area contributed by atoms with Crippen LogP contribution < -0.4 is 5.73 Å². The molecule has 4 heteroatoms. The first-order valence-electron chi connectivity index (χ1n) is 5.25. The Morgan fingerprint density at radius 2 is 2.47 bits per heavy atom. The van der Waals surface area contributed by atoms with Gasteiger partial charge in [-0.15, -0.1) is 0 Å². The van der Waals surface area contributed by atoms with Crippen molar-refractivity contribution in [3.8, 4) is 0 Å². The molecule has 1 unspecified atom stereocenters. The van der Waals surface area contributed by atoms with Gasteiger partial charge in [-0.1, -0.05) is 0 Å². The molecule has 0 aliphatic carbocycles. The number of amides is 1. The molecule has 2 rings (SSSR count). The Morgan fingerprint density at radius 3 is 3.07 bits per heavy atom. The maximum atomic E-state index is 11.2. The highest BCUT2D eigenvalue weighted by atomic mass is 16.3. The predicted molar refractivity (Wildman–Crippen MR) is 56.1 cm³/mol. The van der Waals surface area contributed by atoms with Crippen LogP contribution in [-0.4, -0.2) is 23.4 Å². The van der Waals surface area contributed by atoms with Gasteiger partial charge in [0.25, 0.3) is 0 Å². The zero-order chi connectivity index (χ0) is 10.8. The minimum atomic E-state index is -0.226. The summed E-state index contributed by atoms with van der Waals surface area (Å²) in [4.78, 5) is 13.2. The normalized spacial score (nSPS) is 22.1. The van der Waals surface area contributed by atoms with Crippen molar-refractivity contribution in [1.82, 2.24) is 4.90 Å². The number of hydrogen-bond acceptors (Lipinski definition) is 3. The average Bonchev–Trinajstić information content (AvgIpc) is 2.75. The first-order valence-corrected chi connectivity index (χ1v) is 5.25. The highest BCUT2D eigenvalue weighted by Crippen LogP contribution is 2.20. The van der Waals surface area contributed by atoms with Gasteiger partial charge in [0.05, 0.1) is 12.6 Å². The Hall–Kier alpha value is -1.29. The van der Waals surface area contributed by atoms with Gasteiger partial charge in [-0.2, -0.15) is 0 Å². The lowest BCUT2D eigenvalue weighted by Gasteiger charge is -2.20. The predicted octanol–water partition coefficient (Wildman–Crippen LogP) is 1.04. The van der Waals surface area contributed by atoms with Crippen molar-refractivity contribution in [2.45, 2.75) is 32.4 Å². The molecule has 0 spiro atoms. The second-order valence-electron chi connectivity index (χ2n) is 4.04. The highest BCUT2D eigenvalue weighted by molar-refractivity contribution is 5.80. The second-order valence-corrected chi connectivity index (χ2v) is 4.04. The topological polar surface area (TPSA) is 59.5 Å². The van der Waals surface area contributed by atoms with E-state index in [9.17, 15) is 4.79 Å². The Bertz CT molecular complexity index is 359. The Labute approximate surface area is 89.0 Å². The fourth-order valence-corrected chi connectivity index (χ4v) is 2.11. The average molecular weight is 208 g/mol. The van der Waals surface area contributed by atoms with Gasteiger partial charge in [-0.05, 0) is 38.4 Å². The molecule has 1 fully saturated rings. The molecule has 0 radical (unpaired) electrons. The third-order valence-corrected chi connectivity index (χ3v) is 2.85. The number of aryl methyl sites for hydroxylation is 1. The van der Waals surface area contributed by atoms with Crippen molar-refractivity contribution < 1.29 is 9.21 Å². The molecule has 4 nitrogen and oxygen atoms in total. The number of primary amides is 1. The Morgan fingerprint density at radius 1 is 1.67 bits per heavy atom. The summed E-state index contributed by atoms with van der Waals surface area (Å²) in [6.07, 6.45) is 1.91. The summed E-state index contributed by atoms with van der Waals surface area (Å²) in [5.74, 6) is 1.58. The molecular formula is C11H16N2O2. The van der Waals surface area contributed by atoms with E-state index in [0.29, 0.717) is 6.54 Å². The molecule has 82 valence electrons. The smallest absolute Gasteiger partial charge is 0.234 e. The summed E-state index contributed by atoms with van der Waals surface area (Å²) >= 11 is 0. The molecule has 2 N–H and O–H groups in total. The van der Waals surface area contributed by atoms with E-state index in [1.54, 1.807) is 0 Å². The van der Waals surface area contributed by atoms with Crippen LogP contribution in [-0.2, 0) is 11.3 Å². The first-order chi connectivity index (χ1) is 7.16. The van der Waals surface area contributed by atoms with Gasteiger partial charge >= 0.3 is 0 Å². The number of furan rings is 1. The van der Waals surface area contributed by atoms with Crippen LogP contribution in [0.3, 0.4) is 0 Å². The SMILES string of the molecule is Cc1ccc(CN2CCCC2C(N)=O)o1. The van der Waals surface area contributed by atoms with Crippen LogP contribution >= 0.6 is 0 Å². The van der Waals surface area contributed by atoms with Crippen LogP contribution in [0.1, 0.15) is 24.4 Å². The van der Waals surface area contributed by atoms with E-state index in [4.69, 9.17) is 10.2 Å². The molecule has 1 aliphatic rings. The summed E-state index contributed by atoms with van der Waals surface area (Å²) < 4.78 is 5.48. The number of rotatable bonds is 3. The molecule has 1 amide bonds. The van der Waals surface area contributed by atoms with Gasteiger partial charge < -0.3 is 10.2 Å². The van der Waals surface area contributed by atoms with E-state index in [0.717, 1.165) is 30.9 Å². The van der Waals surface area contributed by atoms with Crippen molar-refractivity contribution in [2.24, 2.45) is 5.73 Å². The number of likely N-dealkylation sites (tertiary alicyclic amines) is 1. The van der Waals surface area contributed by atoms with Gasteiger partial charge in [-0.3, -0.25) is 9.69 Å². The van der Waals surface area contributed by atoms with Crippen LogP contribution in [0.2, 0.25) is 0 Å². The van der Waals surface area contributed by atoms with Gasteiger partial charge in [-0.25, -0.2) is 0 Å². The summed E-state index contributed by atoms with van der Waals surface area (Å²) in [6, 6.07) is 3.77. The Kier molecular flexibility index (Phi) is 2.77. The number of carbonyl (C=O) groups excluding carboxylic acids is 1. The molecule has 0 bridgehead atoms. The molecule has 1 atom stereocenters. The van der Waals surface area contributed by atoms with Crippen molar-refractivity contribution in [3.63, 3.8) is 0 Å². The number of nitrogens with two attached hydrogens (primary N) is 1. The van der Waals surface area contributed by atoms with Crippen LogP contribution in [0, 0.1) is 6.92 Å². The summed E-state index contributed by atoms with van der Waals surface area (Å²) in [5, 5.41) is 0. The highest BCUT2D eigenvalue weighted by Gasteiger charge is 2.29. The molecule has 2 heterocycles. The maximum Gasteiger partial charge on any atom is 0.234 e. The van der Waals surface area contributed by atoms with Crippen LogP contribution in [0.5, 0.6) is 0 Å². The third kappa shape index (κ3) is 2.21. The number of nitrogens with zero attached hydrogens (tertiary/aromatic N) is 1. The summed E-state index contributed by atoms with van der Waals surface area (Å²) in [5.41, 5.74) is 5.34. The Balaban J connectivity index is 2.02. The van der Waals surface area contributed by atoms with Gasteiger partial charge in [0.1, 0.15) is 11.5 Å². The quantitative estimate of drug-likeness (QED) is 0.807. The third-order valence-electron chi connectivity index (χ3n) is 2.85. The second kappa shape index (κ2) is 4.06. The standard InChI is InChI=1S/C11H16N2O2/c1-8-4-5-9(15-8)7-13-6-2-3-10(13)11(12)14/h4-5,10H,2-3,6-7H2,1H3,(H2,12,14). The largest absolute Gasteiger partial charge is 0.465 e. The van der Waals surface area contributed by atoms with E-state index in [-0.39, 0.29) is 11.9 Å². The monoisotopic (exact) mass is 208 g/mol. The van der Waals surface area contributed by atoms with Crippen LogP contribution in [0.4, 0.5) is 0 Å². The molecule has 0 saturated carbocycles. The van der Waals surface area contributed by atoms with E-state index in [2.05, 4.69) is 4.90 Å². The van der Waals surface area contributed by atoms with Crippen molar-refractivity contribution in [2.75, 3.05) is 6.54 Å². The molecule has 1 aromatic heterocycles. The number of carbonyl (C=O) groups is 1. The van der Waals surface area contributed by atoms with Crippen molar-refractivity contribution in [3.05, 3.63) is 23.7 Å². The van der Waals surface area contributed by atoms with Gasteiger partial charge in [0.15, 0.2) is 0 Å². The molecule has 1 aromatic rings. The zero-order valence-electron chi connectivity index (χ0n) is 8.90. The van der Waals surface area contributed by atoms with E-state index in [1.807, 2.05) is 19.1 Å². The van der Waals surface area contributed by atoms with Crippen molar-refractivity contribution >= 4 is 5.91 Å². The molecule has 0 aromatic carbocycles. The van der Waals surface area contributed by atoms with E-state index in [1.165, 1.54) is 0 Å². The molecule has 15 heavy (non-hydrogen) atoms. The molecule has 1 aliphatic heterocycles. The van der Waals surface area contributed by atoms with Crippen LogP contribution in [0.15, 0.2) is 16.5 Å². The fraction of sp³-hybridized carbons (Fsp3) is 0.545. The minimum absolute atomic E-state index is 0.115. The van der Waals surface area contributed by atoms with E-state index >= 15 is 0 Å². The summed E-state index contributed by atoms with van der Waals surface area (Å²) in [7, 11) is 0. The molecule has 1 saturated heterocycles. The minimum Gasteiger partial charge on any atom is -0.465 e. The van der Waals surface area contributed by atoms with E-state index < -0.39 is 0 Å². The lowest BCUT2D eigenvalue weighted by atomic mass is 10.2. The zero-order valence-corrected chi connectivity index (χ0v) is 8.90. The van der Waals surface area contributed by atoms with Gasteiger partial charge in [0, 0.05) is 0 Å². The lowest BCUT2D eigenvalue weighted by Crippen LogP contribution is -2.39. The van der Waals surface area contributed by atoms with Crippen LogP contribution in [0.25, 0.3) is 0 Å². The van der Waals surface area contributed by atoms with Gasteiger partial charge in [0.2, 0.25) is 5.91 Å². The molecular weight excluding hydrogens is 192 g/mol. The van der Waals surface area contributed by atoms with Crippen molar-refractivity contribution in [1.29, 1.82) is 0 Å². The first kappa shape index (κ1) is 10.2. The maximum absolute atomic E-state index is 11.2. The summed E-state index contributed by atoms with van der Waals surface area (Å²) in [6.45, 7) is 3.52. The fourth-order valence-electron chi connectivity index (χ4n) is 2.11.